The molecule has 0 aliphatic heterocycles. The average molecular weight is 212 g/mol. The van der Waals surface area contributed by atoms with E-state index in [2.05, 4.69) is 4.98 Å². The maximum atomic E-state index is 11.4. The van der Waals surface area contributed by atoms with E-state index < -0.39 is 0 Å². The zero-order valence-electron chi connectivity index (χ0n) is 8.69. The lowest BCUT2D eigenvalue weighted by Gasteiger charge is -2.15. The van der Waals surface area contributed by atoms with Crippen molar-refractivity contribution < 1.29 is 4.79 Å². The van der Waals surface area contributed by atoms with Crippen LogP contribution in [0.1, 0.15) is 24.8 Å². The van der Waals surface area contributed by atoms with Crippen molar-refractivity contribution in [3.63, 3.8) is 0 Å². The van der Waals surface area contributed by atoms with Gasteiger partial charge in [0.15, 0.2) is 0 Å². The highest BCUT2D eigenvalue weighted by atomic mass is 32.1. The van der Waals surface area contributed by atoms with Crippen LogP contribution < -0.4 is 0 Å². The minimum absolute atomic E-state index is 0.226. The molecule has 0 atom stereocenters. The molecule has 0 saturated carbocycles. The van der Waals surface area contributed by atoms with Gasteiger partial charge in [0, 0.05) is 38.0 Å². The van der Waals surface area contributed by atoms with Gasteiger partial charge in [-0.15, -0.1) is 11.3 Å². The second-order valence-corrected chi connectivity index (χ2v) is 4.22. The molecule has 0 spiro atoms. The molecule has 1 amide bonds. The van der Waals surface area contributed by atoms with Gasteiger partial charge in [0.1, 0.15) is 0 Å². The number of carbonyl (C=O) groups is 1. The Bertz CT molecular complexity index is 272. The molecule has 0 aromatic carbocycles. The Morgan fingerprint density at radius 2 is 2.43 bits per heavy atom. The molecule has 0 unspecified atom stereocenters. The fourth-order valence-corrected chi connectivity index (χ4v) is 1.78. The third-order valence-electron chi connectivity index (χ3n) is 2.03. The van der Waals surface area contributed by atoms with E-state index >= 15 is 0 Å². The quantitative estimate of drug-likeness (QED) is 0.747. The minimum Gasteiger partial charge on any atom is -0.345 e. The van der Waals surface area contributed by atoms with Crippen LogP contribution in [0.25, 0.3) is 0 Å². The first-order valence-corrected chi connectivity index (χ1v) is 5.74. The second kappa shape index (κ2) is 5.75. The van der Waals surface area contributed by atoms with Crippen molar-refractivity contribution in [1.29, 1.82) is 0 Å². The van der Waals surface area contributed by atoms with Crippen LogP contribution in [-0.2, 0) is 11.2 Å². The third-order valence-corrected chi connectivity index (χ3v) is 2.87. The Balaban J connectivity index is 2.27. The molecule has 4 heteroatoms. The van der Waals surface area contributed by atoms with Gasteiger partial charge in [-0.3, -0.25) is 4.79 Å². The van der Waals surface area contributed by atoms with E-state index in [1.807, 2.05) is 19.4 Å². The number of hydrogen-bond donors (Lipinski definition) is 0. The Morgan fingerprint density at radius 3 is 3.00 bits per heavy atom. The summed E-state index contributed by atoms with van der Waals surface area (Å²) >= 11 is 1.64. The smallest absolute Gasteiger partial charge is 0.222 e. The first-order chi connectivity index (χ1) is 6.74. The van der Waals surface area contributed by atoms with Crippen LogP contribution in [0.15, 0.2) is 11.6 Å². The summed E-state index contributed by atoms with van der Waals surface area (Å²) in [4.78, 5) is 17.4. The number of likely N-dealkylation sites (N-methyl/N-ethyl adjacent to an activating group) is 1. The first-order valence-electron chi connectivity index (χ1n) is 4.86. The van der Waals surface area contributed by atoms with Gasteiger partial charge < -0.3 is 4.90 Å². The lowest BCUT2D eigenvalue weighted by atomic mass is 10.3. The average Bonchev–Trinajstić information content (AvgIpc) is 2.67. The second-order valence-electron chi connectivity index (χ2n) is 3.24. The first kappa shape index (κ1) is 11.2. The number of nitrogens with zero attached hydrogens (tertiary/aromatic N) is 2. The zero-order valence-corrected chi connectivity index (χ0v) is 9.51. The monoisotopic (exact) mass is 212 g/mol. The van der Waals surface area contributed by atoms with E-state index in [0.29, 0.717) is 6.42 Å². The van der Waals surface area contributed by atoms with Crippen molar-refractivity contribution in [3.05, 3.63) is 16.6 Å². The molecule has 14 heavy (non-hydrogen) atoms. The lowest BCUT2D eigenvalue weighted by molar-refractivity contribution is -0.129. The maximum absolute atomic E-state index is 11.4. The van der Waals surface area contributed by atoms with Gasteiger partial charge in [-0.2, -0.15) is 0 Å². The highest BCUT2D eigenvalue weighted by Gasteiger charge is 2.07. The number of rotatable bonds is 5. The molecule has 1 aromatic heterocycles. The zero-order chi connectivity index (χ0) is 10.4. The normalized spacial score (nSPS) is 10.1. The van der Waals surface area contributed by atoms with Crippen molar-refractivity contribution in [2.75, 3.05) is 13.6 Å². The molecular formula is C10H16N2OS. The highest BCUT2D eigenvalue weighted by Crippen LogP contribution is 2.05. The van der Waals surface area contributed by atoms with Gasteiger partial charge in [0.25, 0.3) is 0 Å². The van der Waals surface area contributed by atoms with Crippen LogP contribution in [0, 0.1) is 0 Å². The fraction of sp³-hybridized carbons (Fsp3) is 0.600. The summed E-state index contributed by atoms with van der Waals surface area (Å²) in [7, 11) is 1.85. The molecule has 0 radical (unpaired) electrons. The molecule has 0 aliphatic rings. The van der Waals surface area contributed by atoms with Crippen LogP contribution in [0.2, 0.25) is 0 Å². The van der Waals surface area contributed by atoms with Crippen LogP contribution in [0.4, 0.5) is 0 Å². The summed E-state index contributed by atoms with van der Waals surface area (Å²) in [5, 5.41) is 3.06. The number of aromatic nitrogens is 1. The molecule has 0 N–H and O–H groups in total. The van der Waals surface area contributed by atoms with E-state index in [0.717, 1.165) is 24.4 Å². The standard InChI is InChI=1S/C10H16N2OS/c1-3-4-10(13)12(2)7-5-9-11-6-8-14-9/h6,8H,3-5,7H2,1-2H3. The fourth-order valence-electron chi connectivity index (χ4n) is 1.17. The van der Waals surface area contributed by atoms with Crippen LogP contribution >= 0.6 is 11.3 Å². The van der Waals surface area contributed by atoms with Gasteiger partial charge in [-0.25, -0.2) is 4.98 Å². The third kappa shape index (κ3) is 3.46. The summed E-state index contributed by atoms with van der Waals surface area (Å²) in [6, 6.07) is 0. The van der Waals surface area contributed by atoms with Crippen LogP contribution in [-0.4, -0.2) is 29.4 Å². The maximum Gasteiger partial charge on any atom is 0.222 e. The van der Waals surface area contributed by atoms with Gasteiger partial charge in [-0.05, 0) is 6.42 Å². The molecule has 0 fully saturated rings. The molecule has 0 bridgehead atoms. The van der Waals surface area contributed by atoms with E-state index in [-0.39, 0.29) is 5.91 Å². The van der Waals surface area contributed by atoms with E-state index in [4.69, 9.17) is 0 Å². The van der Waals surface area contributed by atoms with Crippen molar-refractivity contribution in [2.24, 2.45) is 0 Å². The number of amides is 1. The van der Waals surface area contributed by atoms with E-state index in [9.17, 15) is 4.79 Å². The van der Waals surface area contributed by atoms with Crippen molar-refractivity contribution >= 4 is 17.2 Å². The number of hydrogen-bond acceptors (Lipinski definition) is 3. The summed E-state index contributed by atoms with van der Waals surface area (Å²) in [6.45, 7) is 2.79. The van der Waals surface area contributed by atoms with Gasteiger partial charge >= 0.3 is 0 Å². The van der Waals surface area contributed by atoms with E-state index in [1.54, 1.807) is 22.4 Å². The molecule has 0 aliphatic carbocycles. The molecule has 3 nitrogen and oxygen atoms in total. The summed E-state index contributed by atoms with van der Waals surface area (Å²) in [6.07, 6.45) is 4.23. The Morgan fingerprint density at radius 1 is 1.64 bits per heavy atom. The molecule has 1 aromatic rings. The highest BCUT2D eigenvalue weighted by molar-refractivity contribution is 7.09. The predicted octanol–water partition coefficient (Wildman–Crippen LogP) is 1.94. The Kier molecular flexibility index (Phi) is 4.59. The topological polar surface area (TPSA) is 33.2 Å². The van der Waals surface area contributed by atoms with E-state index in [1.165, 1.54) is 0 Å². The van der Waals surface area contributed by atoms with Crippen LogP contribution in [0.5, 0.6) is 0 Å². The van der Waals surface area contributed by atoms with Crippen molar-refractivity contribution in [3.8, 4) is 0 Å². The van der Waals surface area contributed by atoms with Crippen molar-refractivity contribution in [1.82, 2.24) is 9.88 Å². The summed E-state index contributed by atoms with van der Waals surface area (Å²) in [5.41, 5.74) is 0. The largest absolute Gasteiger partial charge is 0.345 e. The molecule has 1 heterocycles. The predicted molar refractivity (Wildman–Crippen MR) is 58.4 cm³/mol. The van der Waals surface area contributed by atoms with Gasteiger partial charge in [-0.1, -0.05) is 6.92 Å². The Labute approximate surface area is 88.8 Å². The van der Waals surface area contributed by atoms with Gasteiger partial charge in [0.2, 0.25) is 5.91 Å². The summed E-state index contributed by atoms with van der Waals surface area (Å²) in [5.74, 6) is 0.226. The SMILES string of the molecule is CCCC(=O)N(C)CCc1nccs1. The number of thiazole rings is 1. The van der Waals surface area contributed by atoms with Crippen molar-refractivity contribution in [2.45, 2.75) is 26.2 Å². The lowest BCUT2D eigenvalue weighted by Crippen LogP contribution is -2.28. The Hall–Kier alpha value is -0.900. The summed E-state index contributed by atoms with van der Waals surface area (Å²) < 4.78 is 0. The number of carbonyl (C=O) groups excluding carboxylic acids is 1. The van der Waals surface area contributed by atoms with Gasteiger partial charge in [0.05, 0.1) is 5.01 Å². The molecule has 0 saturated heterocycles. The molecule has 78 valence electrons. The minimum atomic E-state index is 0.226. The molecule has 1 rings (SSSR count). The van der Waals surface area contributed by atoms with Crippen LogP contribution in [0.3, 0.4) is 0 Å². The molecular weight excluding hydrogens is 196 g/mol.